The second-order valence-corrected chi connectivity index (χ2v) is 6.35. The normalized spacial score (nSPS) is 26.4. The number of anilines is 1. The number of likely N-dealkylation sites (tertiary alicyclic amines) is 2. The Kier molecular flexibility index (Phi) is 3.56. The van der Waals surface area contributed by atoms with Crippen molar-refractivity contribution in [3.63, 3.8) is 0 Å². The van der Waals surface area contributed by atoms with Crippen LogP contribution in [0.2, 0.25) is 5.15 Å². The number of rotatable bonds is 1. The first-order valence-corrected chi connectivity index (χ1v) is 7.30. The SMILES string of the molecule is CN1CCC2(CCN(C(=O)Nc3ccc(Cl)nc3)C2)C1. The number of halogens is 1. The zero-order chi connectivity index (χ0) is 14.2. The smallest absolute Gasteiger partial charge is 0.321 e. The fourth-order valence-corrected chi connectivity index (χ4v) is 3.36. The molecule has 1 atom stereocenters. The molecule has 2 fully saturated rings. The number of carbonyl (C=O) groups excluding carboxylic acids is 1. The Morgan fingerprint density at radius 1 is 1.35 bits per heavy atom. The van der Waals surface area contributed by atoms with Crippen molar-refractivity contribution in [1.29, 1.82) is 0 Å². The summed E-state index contributed by atoms with van der Waals surface area (Å²) in [6, 6.07) is 3.40. The predicted octanol–water partition coefficient (Wildman–Crippen LogP) is 2.29. The standard InChI is InChI=1S/C14H19ClN4O/c1-18-6-4-14(9-18)5-7-19(10-14)13(20)17-11-2-3-12(15)16-8-11/h2-3,8H,4-7,9-10H2,1H3,(H,17,20). The van der Waals surface area contributed by atoms with E-state index in [0.717, 1.165) is 32.6 Å². The maximum Gasteiger partial charge on any atom is 0.321 e. The number of carbonyl (C=O) groups is 1. The van der Waals surface area contributed by atoms with Crippen molar-refractivity contribution in [2.24, 2.45) is 5.41 Å². The first kappa shape index (κ1) is 13.6. The molecule has 2 amide bonds. The van der Waals surface area contributed by atoms with Gasteiger partial charge in [0.2, 0.25) is 0 Å². The van der Waals surface area contributed by atoms with Crippen molar-refractivity contribution >= 4 is 23.3 Å². The van der Waals surface area contributed by atoms with Gasteiger partial charge < -0.3 is 15.1 Å². The number of hydrogen-bond acceptors (Lipinski definition) is 3. The van der Waals surface area contributed by atoms with Gasteiger partial charge in [-0.1, -0.05) is 11.6 Å². The molecule has 5 nitrogen and oxygen atoms in total. The second kappa shape index (κ2) is 5.22. The zero-order valence-corrected chi connectivity index (χ0v) is 12.4. The number of hydrogen-bond donors (Lipinski definition) is 1. The summed E-state index contributed by atoms with van der Waals surface area (Å²) in [5.74, 6) is 0. The topological polar surface area (TPSA) is 48.5 Å². The van der Waals surface area contributed by atoms with E-state index < -0.39 is 0 Å². The van der Waals surface area contributed by atoms with Gasteiger partial charge in [-0.15, -0.1) is 0 Å². The predicted molar refractivity (Wildman–Crippen MR) is 79.0 cm³/mol. The van der Waals surface area contributed by atoms with E-state index in [-0.39, 0.29) is 6.03 Å². The van der Waals surface area contributed by atoms with E-state index >= 15 is 0 Å². The Balaban J connectivity index is 1.60. The maximum absolute atomic E-state index is 12.3. The number of nitrogens with zero attached hydrogens (tertiary/aromatic N) is 3. The Hall–Kier alpha value is -1.33. The van der Waals surface area contributed by atoms with Gasteiger partial charge in [0.05, 0.1) is 11.9 Å². The van der Waals surface area contributed by atoms with E-state index in [1.165, 1.54) is 6.42 Å². The first-order valence-electron chi connectivity index (χ1n) is 6.92. The molecule has 2 saturated heterocycles. The van der Waals surface area contributed by atoms with Crippen molar-refractivity contribution in [3.05, 3.63) is 23.5 Å². The number of pyridine rings is 1. The number of aromatic nitrogens is 1. The lowest BCUT2D eigenvalue weighted by molar-refractivity contribution is 0.212. The van der Waals surface area contributed by atoms with Gasteiger partial charge in [0.1, 0.15) is 5.15 Å². The van der Waals surface area contributed by atoms with Crippen LogP contribution in [0.5, 0.6) is 0 Å². The second-order valence-electron chi connectivity index (χ2n) is 5.96. The van der Waals surface area contributed by atoms with Gasteiger partial charge >= 0.3 is 6.03 Å². The third-order valence-corrected chi connectivity index (χ3v) is 4.56. The molecule has 0 bridgehead atoms. The van der Waals surface area contributed by atoms with Crippen LogP contribution in [0.1, 0.15) is 12.8 Å². The first-order chi connectivity index (χ1) is 9.56. The summed E-state index contributed by atoms with van der Waals surface area (Å²) in [4.78, 5) is 20.5. The Morgan fingerprint density at radius 2 is 2.15 bits per heavy atom. The van der Waals surface area contributed by atoms with Gasteiger partial charge in [-0.3, -0.25) is 0 Å². The molecule has 1 aromatic heterocycles. The monoisotopic (exact) mass is 294 g/mol. The van der Waals surface area contributed by atoms with Crippen molar-refractivity contribution in [2.75, 3.05) is 38.5 Å². The summed E-state index contributed by atoms with van der Waals surface area (Å²) in [6.45, 7) is 3.92. The average molecular weight is 295 g/mol. The highest BCUT2D eigenvalue weighted by molar-refractivity contribution is 6.29. The summed E-state index contributed by atoms with van der Waals surface area (Å²) in [6.07, 6.45) is 3.87. The summed E-state index contributed by atoms with van der Waals surface area (Å²) >= 11 is 5.73. The van der Waals surface area contributed by atoms with Crippen LogP contribution >= 0.6 is 11.6 Å². The zero-order valence-electron chi connectivity index (χ0n) is 11.6. The molecule has 3 rings (SSSR count). The van der Waals surface area contributed by atoms with E-state index in [2.05, 4.69) is 22.2 Å². The summed E-state index contributed by atoms with van der Waals surface area (Å²) in [7, 11) is 2.15. The molecule has 2 aliphatic rings. The molecule has 1 spiro atoms. The highest BCUT2D eigenvalue weighted by Gasteiger charge is 2.43. The minimum absolute atomic E-state index is 0.0412. The highest BCUT2D eigenvalue weighted by Crippen LogP contribution is 2.38. The molecule has 1 aromatic rings. The van der Waals surface area contributed by atoms with E-state index in [1.54, 1.807) is 18.3 Å². The molecule has 3 heterocycles. The van der Waals surface area contributed by atoms with Crippen LogP contribution in [0, 0.1) is 5.41 Å². The Bertz CT molecular complexity index is 506. The Labute approximate surface area is 123 Å². The van der Waals surface area contributed by atoms with Crippen molar-refractivity contribution in [3.8, 4) is 0 Å². The van der Waals surface area contributed by atoms with E-state index in [4.69, 9.17) is 11.6 Å². The quantitative estimate of drug-likeness (QED) is 0.809. The summed E-state index contributed by atoms with van der Waals surface area (Å²) < 4.78 is 0. The number of amides is 2. The lowest BCUT2D eigenvalue weighted by Crippen LogP contribution is -2.36. The lowest BCUT2D eigenvalue weighted by atomic mass is 9.86. The molecular weight excluding hydrogens is 276 g/mol. The van der Waals surface area contributed by atoms with Gasteiger partial charge in [0.25, 0.3) is 0 Å². The van der Waals surface area contributed by atoms with Gasteiger partial charge in [0.15, 0.2) is 0 Å². The van der Waals surface area contributed by atoms with Crippen LogP contribution in [0.25, 0.3) is 0 Å². The molecule has 6 heteroatoms. The molecule has 0 radical (unpaired) electrons. The Morgan fingerprint density at radius 3 is 2.80 bits per heavy atom. The minimum Gasteiger partial charge on any atom is -0.324 e. The molecule has 1 N–H and O–H groups in total. The maximum atomic E-state index is 12.3. The molecule has 1 unspecified atom stereocenters. The largest absolute Gasteiger partial charge is 0.324 e. The average Bonchev–Trinajstić information content (AvgIpc) is 3.00. The lowest BCUT2D eigenvalue weighted by Gasteiger charge is -2.23. The van der Waals surface area contributed by atoms with Gasteiger partial charge in [-0.2, -0.15) is 0 Å². The fraction of sp³-hybridized carbons (Fsp3) is 0.571. The molecule has 2 aliphatic heterocycles. The van der Waals surface area contributed by atoms with Crippen molar-refractivity contribution < 1.29 is 4.79 Å². The fourth-order valence-electron chi connectivity index (χ4n) is 3.25. The van der Waals surface area contributed by atoms with E-state index in [1.807, 2.05) is 4.90 Å². The minimum atomic E-state index is -0.0412. The molecule has 0 aromatic carbocycles. The summed E-state index contributed by atoms with van der Waals surface area (Å²) in [5.41, 5.74) is 0.994. The molecule has 20 heavy (non-hydrogen) atoms. The number of urea groups is 1. The van der Waals surface area contributed by atoms with Crippen molar-refractivity contribution in [1.82, 2.24) is 14.8 Å². The molecule has 108 valence electrons. The van der Waals surface area contributed by atoms with Crippen LogP contribution in [-0.4, -0.2) is 54.0 Å². The van der Waals surface area contributed by atoms with Gasteiger partial charge in [0, 0.05) is 25.0 Å². The molecule has 0 saturated carbocycles. The van der Waals surface area contributed by atoms with E-state index in [9.17, 15) is 4.79 Å². The molecule has 0 aliphatic carbocycles. The highest BCUT2D eigenvalue weighted by atomic mass is 35.5. The van der Waals surface area contributed by atoms with Crippen LogP contribution in [0.4, 0.5) is 10.5 Å². The summed E-state index contributed by atoms with van der Waals surface area (Å²) in [5, 5.41) is 3.31. The van der Waals surface area contributed by atoms with Gasteiger partial charge in [-0.25, -0.2) is 9.78 Å². The van der Waals surface area contributed by atoms with Crippen LogP contribution in [0.15, 0.2) is 18.3 Å². The van der Waals surface area contributed by atoms with Crippen LogP contribution in [0.3, 0.4) is 0 Å². The van der Waals surface area contributed by atoms with Crippen LogP contribution in [-0.2, 0) is 0 Å². The van der Waals surface area contributed by atoms with Gasteiger partial charge in [-0.05, 0) is 38.6 Å². The third kappa shape index (κ3) is 2.74. The third-order valence-electron chi connectivity index (χ3n) is 4.33. The van der Waals surface area contributed by atoms with E-state index in [0.29, 0.717) is 16.3 Å². The molecular formula is C14H19ClN4O. The number of nitrogens with one attached hydrogen (secondary N) is 1. The van der Waals surface area contributed by atoms with Crippen LogP contribution < -0.4 is 5.32 Å². The van der Waals surface area contributed by atoms with Crippen molar-refractivity contribution in [2.45, 2.75) is 12.8 Å².